The van der Waals surface area contributed by atoms with Gasteiger partial charge in [-0.25, -0.2) is 4.98 Å². The van der Waals surface area contributed by atoms with Gasteiger partial charge in [-0.3, -0.25) is 4.79 Å². The van der Waals surface area contributed by atoms with Gasteiger partial charge in [0.25, 0.3) is 0 Å². The molecule has 4 heteroatoms. The van der Waals surface area contributed by atoms with Gasteiger partial charge >= 0.3 is 0 Å². The molecular weight excluding hydrogens is 180 g/mol. The van der Waals surface area contributed by atoms with Crippen LogP contribution in [0.2, 0.25) is 0 Å². The number of aromatic nitrogens is 1. The third kappa shape index (κ3) is 3.53. The lowest BCUT2D eigenvalue weighted by Crippen LogP contribution is -2.19. The van der Waals surface area contributed by atoms with Crippen molar-refractivity contribution in [2.75, 3.05) is 27.2 Å². The molecule has 0 N–H and O–H groups in total. The molecule has 0 amide bonds. The number of aldehydes is 1. The van der Waals surface area contributed by atoms with E-state index in [0.29, 0.717) is 24.5 Å². The van der Waals surface area contributed by atoms with Crippen LogP contribution >= 0.6 is 0 Å². The topological polar surface area (TPSA) is 42.4 Å². The Kier molecular flexibility index (Phi) is 4.07. The molecule has 0 bridgehead atoms. The van der Waals surface area contributed by atoms with Gasteiger partial charge < -0.3 is 9.64 Å². The van der Waals surface area contributed by atoms with E-state index in [1.807, 2.05) is 19.0 Å². The molecule has 0 saturated carbocycles. The lowest BCUT2D eigenvalue weighted by molar-refractivity contribution is 0.111. The number of likely N-dealkylation sites (N-methyl/N-ethyl adjacent to an activating group) is 1. The Balaban J connectivity index is 2.46. The van der Waals surface area contributed by atoms with Crippen LogP contribution in [0.3, 0.4) is 0 Å². The Morgan fingerprint density at radius 3 is 2.93 bits per heavy atom. The summed E-state index contributed by atoms with van der Waals surface area (Å²) in [5, 5.41) is 0. The zero-order valence-corrected chi connectivity index (χ0v) is 8.43. The Bertz CT molecular complexity index is 300. The number of carbonyl (C=O) groups is 1. The largest absolute Gasteiger partial charge is 0.476 e. The van der Waals surface area contributed by atoms with E-state index < -0.39 is 0 Å². The first-order chi connectivity index (χ1) is 6.72. The number of carbonyl (C=O) groups excluding carboxylic acids is 1. The van der Waals surface area contributed by atoms with Gasteiger partial charge in [-0.15, -0.1) is 0 Å². The van der Waals surface area contributed by atoms with Gasteiger partial charge in [0.05, 0.1) is 0 Å². The third-order valence-corrected chi connectivity index (χ3v) is 1.65. The van der Waals surface area contributed by atoms with E-state index in [1.165, 1.54) is 0 Å². The summed E-state index contributed by atoms with van der Waals surface area (Å²) in [4.78, 5) is 16.4. The van der Waals surface area contributed by atoms with Gasteiger partial charge in [-0.1, -0.05) is 6.07 Å². The maximum Gasteiger partial charge on any atom is 0.213 e. The molecule has 1 aromatic rings. The summed E-state index contributed by atoms with van der Waals surface area (Å²) in [6.45, 7) is 1.40. The van der Waals surface area contributed by atoms with Crippen molar-refractivity contribution in [3.8, 4) is 5.88 Å². The molecule has 0 aliphatic heterocycles. The van der Waals surface area contributed by atoms with Gasteiger partial charge in [-0.2, -0.15) is 0 Å². The van der Waals surface area contributed by atoms with Crippen molar-refractivity contribution in [1.82, 2.24) is 9.88 Å². The maximum absolute atomic E-state index is 10.4. The van der Waals surface area contributed by atoms with Crippen molar-refractivity contribution in [1.29, 1.82) is 0 Å². The maximum atomic E-state index is 10.4. The molecule has 0 aromatic carbocycles. The van der Waals surface area contributed by atoms with Crippen LogP contribution in [0.25, 0.3) is 0 Å². The molecule has 4 nitrogen and oxygen atoms in total. The Morgan fingerprint density at radius 2 is 2.29 bits per heavy atom. The van der Waals surface area contributed by atoms with Crippen molar-refractivity contribution in [3.05, 3.63) is 23.9 Å². The monoisotopic (exact) mass is 194 g/mol. The van der Waals surface area contributed by atoms with Gasteiger partial charge in [0.2, 0.25) is 5.88 Å². The van der Waals surface area contributed by atoms with Crippen LogP contribution in [0.5, 0.6) is 5.88 Å². The highest BCUT2D eigenvalue weighted by molar-refractivity contribution is 5.71. The standard InChI is InChI=1S/C10H14N2O2/c1-12(2)6-7-14-10-5-3-4-9(8-13)11-10/h3-5,8H,6-7H2,1-2H3. The van der Waals surface area contributed by atoms with E-state index in [0.717, 1.165) is 6.54 Å². The summed E-state index contributed by atoms with van der Waals surface area (Å²) in [6, 6.07) is 5.14. The molecule has 0 saturated heterocycles. The van der Waals surface area contributed by atoms with Gasteiger partial charge in [0.15, 0.2) is 6.29 Å². The fraction of sp³-hybridized carbons (Fsp3) is 0.400. The van der Waals surface area contributed by atoms with Crippen LogP contribution in [-0.4, -0.2) is 43.4 Å². The molecule has 0 atom stereocenters. The molecule has 0 fully saturated rings. The van der Waals surface area contributed by atoms with Gasteiger partial charge in [0.1, 0.15) is 12.3 Å². The van der Waals surface area contributed by atoms with Gasteiger partial charge in [-0.05, 0) is 20.2 Å². The Hall–Kier alpha value is -1.42. The highest BCUT2D eigenvalue weighted by Crippen LogP contribution is 2.05. The number of ether oxygens (including phenoxy) is 1. The molecule has 0 unspecified atom stereocenters. The quantitative estimate of drug-likeness (QED) is 0.651. The second-order valence-electron chi connectivity index (χ2n) is 3.17. The smallest absolute Gasteiger partial charge is 0.213 e. The molecule has 1 aromatic heterocycles. The number of pyridine rings is 1. The molecular formula is C10H14N2O2. The lowest BCUT2D eigenvalue weighted by atomic mass is 10.4. The first-order valence-electron chi connectivity index (χ1n) is 4.42. The summed E-state index contributed by atoms with van der Waals surface area (Å²) >= 11 is 0. The van der Waals surface area contributed by atoms with Crippen molar-refractivity contribution < 1.29 is 9.53 Å². The summed E-state index contributed by atoms with van der Waals surface area (Å²) < 4.78 is 5.35. The predicted molar refractivity (Wildman–Crippen MR) is 53.7 cm³/mol. The molecule has 76 valence electrons. The molecule has 0 spiro atoms. The van der Waals surface area contributed by atoms with E-state index in [-0.39, 0.29) is 0 Å². The van der Waals surface area contributed by atoms with Crippen molar-refractivity contribution in [2.45, 2.75) is 0 Å². The van der Waals surface area contributed by atoms with E-state index in [2.05, 4.69) is 4.98 Å². The normalized spacial score (nSPS) is 10.2. The summed E-state index contributed by atoms with van der Waals surface area (Å²) in [5.74, 6) is 0.497. The van der Waals surface area contributed by atoms with Crippen LogP contribution in [0.15, 0.2) is 18.2 Å². The van der Waals surface area contributed by atoms with Crippen molar-refractivity contribution in [2.24, 2.45) is 0 Å². The van der Waals surface area contributed by atoms with Crippen LogP contribution in [0.4, 0.5) is 0 Å². The molecule has 14 heavy (non-hydrogen) atoms. The summed E-state index contributed by atoms with van der Waals surface area (Å²) in [6.07, 6.45) is 0.707. The lowest BCUT2D eigenvalue weighted by Gasteiger charge is -2.10. The molecule has 1 rings (SSSR count). The number of hydrogen-bond acceptors (Lipinski definition) is 4. The minimum absolute atomic E-state index is 0.396. The van der Waals surface area contributed by atoms with Crippen LogP contribution in [0, 0.1) is 0 Å². The van der Waals surface area contributed by atoms with Crippen LogP contribution in [0.1, 0.15) is 10.5 Å². The fourth-order valence-electron chi connectivity index (χ4n) is 0.910. The molecule has 0 aliphatic carbocycles. The Labute approximate surface area is 83.5 Å². The first kappa shape index (κ1) is 10.7. The predicted octanol–water partition coefficient (Wildman–Crippen LogP) is 0.834. The third-order valence-electron chi connectivity index (χ3n) is 1.65. The van der Waals surface area contributed by atoms with E-state index >= 15 is 0 Å². The number of hydrogen-bond donors (Lipinski definition) is 0. The second kappa shape index (κ2) is 5.34. The van der Waals surface area contributed by atoms with E-state index in [4.69, 9.17) is 4.74 Å². The number of rotatable bonds is 5. The molecule has 0 aliphatic rings. The fourth-order valence-corrected chi connectivity index (χ4v) is 0.910. The van der Waals surface area contributed by atoms with E-state index in [1.54, 1.807) is 18.2 Å². The van der Waals surface area contributed by atoms with E-state index in [9.17, 15) is 4.79 Å². The van der Waals surface area contributed by atoms with Crippen molar-refractivity contribution >= 4 is 6.29 Å². The van der Waals surface area contributed by atoms with Crippen LogP contribution < -0.4 is 4.74 Å². The zero-order chi connectivity index (χ0) is 10.4. The SMILES string of the molecule is CN(C)CCOc1cccc(C=O)n1. The second-order valence-corrected chi connectivity index (χ2v) is 3.17. The van der Waals surface area contributed by atoms with Gasteiger partial charge in [0, 0.05) is 12.6 Å². The van der Waals surface area contributed by atoms with Crippen molar-refractivity contribution in [3.63, 3.8) is 0 Å². The van der Waals surface area contributed by atoms with Crippen LogP contribution in [-0.2, 0) is 0 Å². The summed E-state index contributed by atoms with van der Waals surface area (Å²) in [7, 11) is 3.94. The minimum atomic E-state index is 0.396. The number of nitrogens with zero attached hydrogens (tertiary/aromatic N) is 2. The molecule has 1 heterocycles. The highest BCUT2D eigenvalue weighted by atomic mass is 16.5. The zero-order valence-electron chi connectivity index (χ0n) is 8.43. The highest BCUT2D eigenvalue weighted by Gasteiger charge is 1.97. The molecule has 0 radical (unpaired) electrons. The summed E-state index contributed by atoms with van der Waals surface area (Å²) in [5.41, 5.74) is 0.396. The Morgan fingerprint density at radius 1 is 1.50 bits per heavy atom. The minimum Gasteiger partial charge on any atom is -0.476 e. The average molecular weight is 194 g/mol. The average Bonchev–Trinajstić information content (AvgIpc) is 2.18. The first-order valence-corrected chi connectivity index (χ1v) is 4.42.